The van der Waals surface area contributed by atoms with Crippen LogP contribution in [0.5, 0.6) is 0 Å². The number of nitrogens with zero attached hydrogens (tertiary/aromatic N) is 6. The molecule has 0 N–H and O–H groups in total. The van der Waals surface area contributed by atoms with Gasteiger partial charge in [0.2, 0.25) is 0 Å². The molecule has 0 spiro atoms. The molecule has 2 unspecified atom stereocenters. The first-order valence-electron chi connectivity index (χ1n) is 9.91. The molecule has 5 rings (SSSR count). The summed E-state index contributed by atoms with van der Waals surface area (Å²) in [7, 11) is 0. The van der Waals surface area contributed by atoms with Crippen molar-refractivity contribution < 1.29 is 4.74 Å². The van der Waals surface area contributed by atoms with Crippen LogP contribution >= 0.6 is 0 Å². The fourth-order valence-electron chi connectivity index (χ4n) is 4.62. The maximum absolute atomic E-state index is 5.67. The fraction of sp³-hybridized carbons (Fsp3) is 0.600. The summed E-state index contributed by atoms with van der Waals surface area (Å²) >= 11 is 0. The molecule has 0 aromatic carbocycles. The molecule has 0 bridgehead atoms. The molecule has 2 fully saturated rings. The topological polar surface area (TPSA) is 67.3 Å². The summed E-state index contributed by atoms with van der Waals surface area (Å²) in [4.78, 5) is 22.9. The molecule has 3 aliphatic rings. The second kappa shape index (κ2) is 6.71. The Hall–Kier alpha value is -2.28. The van der Waals surface area contributed by atoms with Gasteiger partial charge in [0, 0.05) is 61.8 Å². The summed E-state index contributed by atoms with van der Waals surface area (Å²) in [5.74, 6) is 3.89. The van der Waals surface area contributed by atoms with Gasteiger partial charge in [-0.25, -0.2) is 19.9 Å². The van der Waals surface area contributed by atoms with Crippen molar-refractivity contribution in [2.24, 2.45) is 11.8 Å². The highest BCUT2D eigenvalue weighted by molar-refractivity contribution is 5.51. The van der Waals surface area contributed by atoms with Crippen molar-refractivity contribution in [2.75, 3.05) is 42.6 Å². The molecule has 5 heterocycles. The van der Waals surface area contributed by atoms with Crippen molar-refractivity contribution in [3.63, 3.8) is 0 Å². The summed E-state index contributed by atoms with van der Waals surface area (Å²) in [5, 5.41) is 0. The van der Waals surface area contributed by atoms with Gasteiger partial charge < -0.3 is 14.5 Å². The molecule has 142 valence electrons. The number of fused-ring (bicyclic) bond motifs is 2. The normalized spacial score (nSPS) is 24.4. The van der Waals surface area contributed by atoms with E-state index in [-0.39, 0.29) is 0 Å². The number of rotatable bonds is 3. The van der Waals surface area contributed by atoms with E-state index in [4.69, 9.17) is 4.74 Å². The van der Waals surface area contributed by atoms with Gasteiger partial charge >= 0.3 is 0 Å². The lowest BCUT2D eigenvalue weighted by atomic mass is 10.0. The Morgan fingerprint density at radius 2 is 1.70 bits per heavy atom. The van der Waals surface area contributed by atoms with E-state index in [1.165, 1.54) is 5.56 Å². The molecule has 27 heavy (non-hydrogen) atoms. The van der Waals surface area contributed by atoms with E-state index in [1.807, 2.05) is 0 Å². The highest BCUT2D eigenvalue weighted by Gasteiger charge is 2.41. The lowest BCUT2D eigenvalue weighted by Gasteiger charge is -2.26. The SMILES string of the molecule is CC(C)c1cc(N2CC3CN(c4ncnc5c4COCC5)CC3C2)ncn1. The highest BCUT2D eigenvalue weighted by atomic mass is 16.5. The Morgan fingerprint density at radius 1 is 0.963 bits per heavy atom. The Labute approximate surface area is 159 Å². The Kier molecular flexibility index (Phi) is 4.19. The monoisotopic (exact) mass is 366 g/mol. The first-order valence-corrected chi connectivity index (χ1v) is 9.91. The maximum Gasteiger partial charge on any atom is 0.137 e. The molecular formula is C20H26N6O. The summed E-state index contributed by atoms with van der Waals surface area (Å²) in [6, 6.07) is 2.15. The number of aromatic nitrogens is 4. The molecule has 0 amide bonds. The zero-order chi connectivity index (χ0) is 18.4. The minimum Gasteiger partial charge on any atom is -0.376 e. The van der Waals surface area contributed by atoms with Crippen molar-refractivity contribution in [3.8, 4) is 0 Å². The third kappa shape index (κ3) is 3.04. The van der Waals surface area contributed by atoms with Crippen molar-refractivity contribution >= 4 is 11.6 Å². The van der Waals surface area contributed by atoms with Gasteiger partial charge in [-0.2, -0.15) is 0 Å². The van der Waals surface area contributed by atoms with Crippen LogP contribution < -0.4 is 9.80 Å². The molecule has 0 saturated carbocycles. The van der Waals surface area contributed by atoms with E-state index in [1.54, 1.807) is 12.7 Å². The van der Waals surface area contributed by atoms with Crippen LogP contribution in [0, 0.1) is 11.8 Å². The van der Waals surface area contributed by atoms with Gasteiger partial charge in [-0.3, -0.25) is 0 Å². The molecule has 0 aliphatic carbocycles. The van der Waals surface area contributed by atoms with E-state index in [0.717, 1.165) is 62.2 Å². The van der Waals surface area contributed by atoms with E-state index >= 15 is 0 Å². The van der Waals surface area contributed by atoms with Gasteiger partial charge in [0.25, 0.3) is 0 Å². The number of hydrogen-bond donors (Lipinski definition) is 0. The summed E-state index contributed by atoms with van der Waals surface area (Å²) < 4.78 is 5.67. The summed E-state index contributed by atoms with van der Waals surface area (Å²) in [6.07, 6.45) is 4.32. The van der Waals surface area contributed by atoms with Crippen LogP contribution in [0.25, 0.3) is 0 Å². The van der Waals surface area contributed by atoms with Crippen molar-refractivity contribution in [3.05, 3.63) is 35.7 Å². The number of ether oxygens (including phenoxy) is 1. The molecular weight excluding hydrogens is 340 g/mol. The molecule has 0 radical (unpaired) electrons. The predicted octanol–water partition coefficient (Wildman–Crippen LogP) is 2.04. The largest absolute Gasteiger partial charge is 0.376 e. The van der Waals surface area contributed by atoms with Crippen LogP contribution in [0.2, 0.25) is 0 Å². The quantitative estimate of drug-likeness (QED) is 0.823. The van der Waals surface area contributed by atoms with Crippen molar-refractivity contribution in [1.82, 2.24) is 19.9 Å². The minimum atomic E-state index is 0.426. The van der Waals surface area contributed by atoms with E-state index < -0.39 is 0 Å². The molecule has 7 heteroatoms. The Bertz CT molecular complexity index is 827. The first kappa shape index (κ1) is 16.9. The Balaban J connectivity index is 1.31. The number of hydrogen-bond acceptors (Lipinski definition) is 7. The molecule has 7 nitrogen and oxygen atoms in total. The number of anilines is 2. The third-order valence-corrected chi connectivity index (χ3v) is 6.12. The average molecular weight is 366 g/mol. The lowest BCUT2D eigenvalue weighted by Crippen LogP contribution is -2.31. The van der Waals surface area contributed by atoms with Gasteiger partial charge in [0.1, 0.15) is 24.3 Å². The molecule has 2 saturated heterocycles. The zero-order valence-corrected chi connectivity index (χ0v) is 16.0. The molecule has 3 aliphatic heterocycles. The standard InChI is InChI=1S/C20H26N6O/c1-13(2)18-5-19(23-11-22-18)25-6-14-8-26(9-15(14)7-25)20-16-10-27-4-3-17(16)21-12-24-20/h5,11-15H,3-4,6-10H2,1-2H3. The van der Waals surface area contributed by atoms with Crippen LogP contribution in [0.1, 0.15) is 36.7 Å². The Morgan fingerprint density at radius 3 is 2.48 bits per heavy atom. The van der Waals surface area contributed by atoms with Crippen LogP contribution in [0.15, 0.2) is 18.7 Å². The highest BCUT2D eigenvalue weighted by Crippen LogP contribution is 2.37. The van der Waals surface area contributed by atoms with Crippen molar-refractivity contribution in [2.45, 2.75) is 32.8 Å². The second-order valence-corrected chi connectivity index (χ2v) is 8.21. The van der Waals surface area contributed by atoms with Gasteiger partial charge in [0.05, 0.1) is 18.9 Å². The van der Waals surface area contributed by atoms with E-state index in [2.05, 4.69) is 49.6 Å². The third-order valence-electron chi connectivity index (χ3n) is 6.12. The van der Waals surface area contributed by atoms with Crippen LogP contribution in [-0.4, -0.2) is 52.7 Å². The van der Waals surface area contributed by atoms with Crippen molar-refractivity contribution in [1.29, 1.82) is 0 Å². The van der Waals surface area contributed by atoms with Gasteiger partial charge in [-0.05, 0) is 5.92 Å². The van der Waals surface area contributed by atoms with Crippen LogP contribution in [0.3, 0.4) is 0 Å². The van der Waals surface area contributed by atoms with Crippen LogP contribution in [-0.2, 0) is 17.8 Å². The van der Waals surface area contributed by atoms with Gasteiger partial charge in [0.15, 0.2) is 0 Å². The molecule has 2 aromatic heterocycles. The zero-order valence-electron chi connectivity index (χ0n) is 16.0. The predicted molar refractivity (Wildman–Crippen MR) is 103 cm³/mol. The van der Waals surface area contributed by atoms with E-state index in [9.17, 15) is 0 Å². The minimum absolute atomic E-state index is 0.426. The van der Waals surface area contributed by atoms with E-state index in [0.29, 0.717) is 24.4 Å². The fourth-order valence-corrected chi connectivity index (χ4v) is 4.62. The smallest absolute Gasteiger partial charge is 0.137 e. The second-order valence-electron chi connectivity index (χ2n) is 8.21. The van der Waals surface area contributed by atoms with Crippen LogP contribution in [0.4, 0.5) is 11.6 Å². The average Bonchev–Trinajstić information content (AvgIpc) is 3.27. The van der Waals surface area contributed by atoms with Gasteiger partial charge in [-0.15, -0.1) is 0 Å². The maximum atomic E-state index is 5.67. The summed E-state index contributed by atoms with van der Waals surface area (Å²) in [6.45, 7) is 9.96. The first-order chi connectivity index (χ1) is 13.2. The van der Waals surface area contributed by atoms with Gasteiger partial charge in [-0.1, -0.05) is 13.8 Å². The molecule has 2 aromatic rings. The lowest BCUT2D eigenvalue weighted by molar-refractivity contribution is 0.109. The molecule has 2 atom stereocenters. The summed E-state index contributed by atoms with van der Waals surface area (Å²) in [5.41, 5.74) is 3.47.